The van der Waals surface area contributed by atoms with Crippen molar-refractivity contribution in [2.45, 2.75) is 27.2 Å². The van der Waals surface area contributed by atoms with Gasteiger partial charge in [0.2, 0.25) is 0 Å². The minimum absolute atomic E-state index is 0.386. The summed E-state index contributed by atoms with van der Waals surface area (Å²) < 4.78 is 16.6. The molecule has 0 heterocycles. The van der Waals surface area contributed by atoms with Crippen LogP contribution in [0.15, 0.2) is 58.6 Å². The summed E-state index contributed by atoms with van der Waals surface area (Å²) >= 11 is -4.83. The molecule has 1 rings (SSSR count). The van der Waals surface area contributed by atoms with E-state index in [1.807, 2.05) is 13.8 Å². The SMILES string of the molecule is C=CC(=O)[O][Ti]([O]C(=O)C=C)([O]C(=O)C=C)[C]1=C(C)C(C)=C(C)C1. The van der Waals surface area contributed by atoms with Gasteiger partial charge in [0.1, 0.15) is 0 Å². The van der Waals surface area contributed by atoms with E-state index in [9.17, 15) is 14.4 Å². The summed E-state index contributed by atoms with van der Waals surface area (Å²) in [5.74, 6) is -2.52. The van der Waals surface area contributed by atoms with E-state index in [0.717, 1.165) is 34.9 Å². The Bertz CT molecular complexity index is 628. The second-order valence-electron chi connectivity index (χ2n) is 5.12. The molecule has 1 aliphatic rings. The molecule has 0 aromatic heterocycles. The first-order chi connectivity index (χ1) is 11.2. The summed E-state index contributed by atoms with van der Waals surface area (Å²) in [6, 6.07) is 0. The van der Waals surface area contributed by atoms with Gasteiger partial charge in [0.15, 0.2) is 0 Å². The summed E-state index contributed by atoms with van der Waals surface area (Å²) in [6.07, 6.45) is 3.14. The average molecular weight is 368 g/mol. The zero-order chi connectivity index (χ0) is 18.5. The first-order valence-corrected chi connectivity index (χ1v) is 9.83. The molecule has 0 atom stereocenters. The number of carbonyl (C=O) groups is 3. The van der Waals surface area contributed by atoms with Crippen molar-refractivity contribution in [3.63, 3.8) is 0 Å². The molecule has 0 spiro atoms. The van der Waals surface area contributed by atoms with E-state index in [1.165, 1.54) is 0 Å². The van der Waals surface area contributed by atoms with Gasteiger partial charge in [-0.15, -0.1) is 0 Å². The van der Waals surface area contributed by atoms with Crippen LogP contribution in [0.4, 0.5) is 0 Å². The molecular weight excluding hydrogens is 348 g/mol. The summed E-state index contributed by atoms with van der Waals surface area (Å²) in [4.78, 5) is 35.5. The van der Waals surface area contributed by atoms with Gasteiger partial charge in [-0.1, -0.05) is 0 Å². The van der Waals surface area contributed by atoms with Crippen molar-refractivity contribution in [2.24, 2.45) is 0 Å². The average Bonchev–Trinajstić information content (AvgIpc) is 2.82. The molecule has 0 fully saturated rings. The predicted octanol–water partition coefficient (Wildman–Crippen LogP) is 3.09. The fourth-order valence-corrected chi connectivity index (χ4v) is 6.35. The molecule has 0 unspecified atom stereocenters. The van der Waals surface area contributed by atoms with E-state index in [-0.39, 0.29) is 0 Å². The van der Waals surface area contributed by atoms with Crippen molar-refractivity contribution in [2.75, 3.05) is 0 Å². The molecule has 7 heteroatoms. The van der Waals surface area contributed by atoms with Crippen LogP contribution in [0.2, 0.25) is 0 Å². The third kappa shape index (κ3) is 4.21. The quantitative estimate of drug-likeness (QED) is 0.508. The van der Waals surface area contributed by atoms with Crippen molar-refractivity contribution in [1.82, 2.24) is 0 Å². The Morgan fingerprint density at radius 2 is 1.21 bits per heavy atom. The van der Waals surface area contributed by atoms with Gasteiger partial charge in [-0.05, 0) is 0 Å². The molecule has 0 saturated heterocycles. The van der Waals surface area contributed by atoms with Crippen LogP contribution in [0.25, 0.3) is 0 Å². The molecule has 24 heavy (non-hydrogen) atoms. The van der Waals surface area contributed by atoms with Gasteiger partial charge in [-0.3, -0.25) is 0 Å². The maximum atomic E-state index is 11.8. The number of hydrogen-bond donors (Lipinski definition) is 0. The van der Waals surface area contributed by atoms with Crippen LogP contribution < -0.4 is 0 Å². The van der Waals surface area contributed by atoms with Gasteiger partial charge in [0.05, 0.1) is 0 Å². The van der Waals surface area contributed by atoms with E-state index in [2.05, 4.69) is 19.7 Å². The Hall–Kier alpha value is -2.18. The Morgan fingerprint density at radius 3 is 1.46 bits per heavy atom. The Balaban J connectivity index is 3.50. The number of rotatable bonds is 7. The van der Waals surface area contributed by atoms with Crippen LogP contribution in [0.1, 0.15) is 27.2 Å². The Labute approximate surface area is 145 Å². The van der Waals surface area contributed by atoms with Crippen LogP contribution in [0, 0.1) is 0 Å². The van der Waals surface area contributed by atoms with Gasteiger partial charge in [-0.25, -0.2) is 0 Å². The number of allylic oxidation sites excluding steroid dienone is 4. The van der Waals surface area contributed by atoms with Crippen molar-refractivity contribution in [1.29, 1.82) is 0 Å². The Morgan fingerprint density at radius 1 is 0.833 bits per heavy atom. The number of hydrogen-bond acceptors (Lipinski definition) is 6. The summed E-state index contributed by atoms with van der Waals surface area (Å²) in [5.41, 5.74) is 2.76. The Kier molecular flexibility index (Phi) is 6.69. The first kappa shape index (κ1) is 19.9. The molecule has 0 N–H and O–H groups in total. The first-order valence-electron chi connectivity index (χ1n) is 7.13. The fourth-order valence-electron chi connectivity index (χ4n) is 2.18. The molecule has 128 valence electrons. The molecule has 0 aromatic rings. The summed E-state index contributed by atoms with van der Waals surface area (Å²) in [5, 5.41) is 0. The van der Waals surface area contributed by atoms with E-state index in [1.54, 1.807) is 6.92 Å². The third-order valence-electron chi connectivity index (χ3n) is 3.67. The van der Waals surface area contributed by atoms with E-state index in [0.29, 0.717) is 10.3 Å². The molecule has 0 saturated carbocycles. The zero-order valence-corrected chi connectivity index (χ0v) is 15.6. The molecule has 6 nitrogen and oxygen atoms in total. The fraction of sp³-hybridized carbons (Fsp3) is 0.235. The standard InChI is InChI=1S/C8H11.3C3H4O2.Ti/c1-6-4-5-7(2)8(6)3;3*1-2-3(4)5;/h4H2,1-3H3;3*2H,1H2,(H,4,5);/q;;;;+3/p-3. The van der Waals surface area contributed by atoms with Gasteiger partial charge in [0.25, 0.3) is 0 Å². The normalized spacial score (nSPS) is 14.1. The molecule has 0 bridgehead atoms. The molecule has 0 radical (unpaired) electrons. The molecule has 0 aromatic carbocycles. The molecular formula is C17H20O6Ti. The second-order valence-corrected chi connectivity index (χ2v) is 8.75. The van der Waals surface area contributed by atoms with Crippen molar-refractivity contribution in [3.8, 4) is 0 Å². The number of carbonyl (C=O) groups excluding carboxylic acids is 3. The molecule has 0 amide bonds. The van der Waals surface area contributed by atoms with Crippen LogP contribution in [-0.2, 0) is 42.1 Å². The maximum absolute atomic E-state index is 11.8. The zero-order valence-electron chi connectivity index (χ0n) is 14.0. The minimum atomic E-state index is -4.83. The van der Waals surface area contributed by atoms with Gasteiger partial charge >= 0.3 is 146 Å². The van der Waals surface area contributed by atoms with Crippen molar-refractivity contribution in [3.05, 3.63) is 58.6 Å². The van der Waals surface area contributed by atoms with E-state index >= 15 is 0 Å². The van der Waals surface area contributed by atoms with Crippen LogP contribution in [0.3, 0.4) is 0 Å². The monoisotopic (exact) mass is 368 g/mol. The van der Waals surface area contributed by atoms with Gasteiger partial charge in [-0.2, -0.15) is 0 Å². The predicted molar refractivity (Wildman–Crippen MR) is 84.6 cm³/mol. The summed E-state index contributed by atoms with van der Waals surface area (Å²) in [6.45, 7) is 15.6. The van der Waals surface area contributed by atoms with E-state index in [4.69, 9.17) is 9.96 Å². The molecule has 0 aliphatic heterocycles. The second kappa shape index (κ2) is 8.08. The van der Waals surface area contributed by atoms with Crippen LogP contribution >= 0.6 is 0 Å². The van der Waals surface area contributed by atoms with Crippen molar-refractivity contribution >= 4 is 17.9 Å². The van der Waals surface area contributed by atoms with Crippen LogP contribution in [-0.4, -0.2) is 17.9 Å². The third-order valence-corrected chi connectivity index (χ3v) is 7.89. The topological polar surface area (TPSA) is 78.9 Å². The van der Waals surface area contributed by atoms with E-state index < -0.39 is 35.7 Å². The van der Waals surface area contributed by atoms with Gasteiger partial charge in [0, 0.05) is 0 Å². The van der Waals surface area contributed by atoms with Gasteiger partial charge < -0.3 is 0 Å². The summed E-state index contributed by atoms with van der Waals surface area (Å²) in [7, 11) is 0. The van der Waals surface area contributed by atoms with Crippen molar-refractivity contribution < 1.29 is 42.1 Å². The van der Waals surface area contributed by atoms with Crippen LogP contribution in [0.5, 0.6) is 0 Å². The molecule has 1 aliphatic carbocycles.